The Morgan fingerprint density at radius 3 is 2.91 bits per heavy atom. The number of anilines is 1. The van der Waals surface area contributed by atoms with Crippen molar-refractivity contribution < 1.29 is 13.2 Å². The highest BCUT2D eigenvalue weighted by Gasteiger charge is 2.32. The smallest absolute Gasteiger partial charge is 0.277 e. The molecule has 1 aromatic carbocycles. The van der Waals surface area contributed by atoms with Gasteiger partial charge in [-0.15, -0.1) is 11.3 Å². The molecule has 1 aromatic heterocycles. The van der Waals surface area contributed by atoms with Crippen molar-refractivity contribution in [2.45, 2.75) is 17.1 Å². The van der Waals surface area contributed by atoms with E-state index in [1.807, 2.05) is 0 Å². The van der Waals surface area contributed by atoms with Crippen molar-refractivity contribution in [2.75, 3.05) is 18.0 Å². The highest BCUT2D eigenvalue weighted by Crippen LogP contribution is 2.37. The van der Waals surface area contributed by atoms with Gasteiger partial charge < -0.3 is 4.74 Å². The molecule has 1 aliphatic rings. The number of ether oxygens (including phenoxy) is 1. The van der Waals surface area contributed by atoms with E-state index in [0.29, 0.717) is 23.5 Å². The van der Waals surface area contributed by atoms with Gasteiger partial charge in [0.15, 0.2) is 4.21 Å². The van der Waals surface area contributed by atoms with Crippen molar-refractivity contribution in [1.29, 1.82) is 5.26 Å². The molecular formula is C15H14N2O3S2. The van der Waals surface area contributed by atoms with Crippen molar-refractivity contribution >= 4 is 27.0 Å². The largest absolute Gasteiger partial charge is 0.494 e. The lowest BCUT2D eigenvalue weighted by Crippen LogP contribution is -2.35. The van der Waals surface area contributed by atoms with Crippen LogP contribution in [0.25, 0.3) is 0 Å². The molecular weight excluding hydrogens is 320 g/mol. The summed E-state index contributed by atoms with van der Waals surface area (Å²) in [4.78, 5) is 0. The van der Waals surface area contributed by atoms with Gasteiger partial charge in [-0.05, 0) is 48.1 Å². The van der Waals surface area contributed by atoms with Crippen LogP contribution in [0.3, 0.4) is 0 Å². The maximum Gasteiger partial charge on any atom is 0.277 e. The van der Waals surface area contributed by atoms with Crippen LogP contribution < -0.4 is 9.04 Å². The number of hydrogen-bond acceptors (Lipinski definition) is 5. The second kappa shape index (κ2) is 5.63. The van der Waals surface area contributed by atoms with Crippen molar-refractivity contribution in [3.05, 3.63) is 40.8 Å². The van der Waals surface area contributed by atoms with Gasteiger partial charge in [0, 0.05) is 6.54 Å². The fourth-order valence-electron chi connectivity index (χ4n) is 2.60. The molecule has 2 heterocycles. The van der Waals surface area contributed by atoms with Crippen LogP contribution in [-0.2, 0) is 16.4 Å². The minimum Gasteiger partial charge on any atom is -0.494 e. The monoisotopic (exact) mass is 334 g/mol. The quantitative estimate of drug-likeness (QED) is 0.865. The second-order valence-corrected chi connectivity index (χ2v) is 7.89. The van der Waals surface area contributed by atoms with Crippen LogP contribution in [0.15, 0.2) is 33.9 Å². The summed E-state index contributed by atoms with van der Waals surface area (Å²) >= 11 is 1.15. The van der Waals surface area contributed by atoms with Crippen LogP contribution in [0.4, 0.5) is 5.69 Å². The first kappa shape index (κ1) is 14.9. The molecule has 0 aliphatic carbocycles. The molecule has 114 valence electrons. The normalized spacial score (nSPS) is 14.3. The Morgan fingerprint density at radius 2 is 2.18 bits per heavy atom. The van der Waals surface area contributed by atoms with Gasteiger partial charge in [-0.2, -0.15) is 5.26 Å². The molecule has 0 atom stereocenters. The second-order valence-electron chi connectivity index (χ2n) is 4.91. The van der Waals surface area contributed by atoms with Gasteiger partial charge in [-0.3, -0.25) is 4.31 Å². The molecule has 3 rings (SSSR count). The van der Waals surface area contributed by atoms with E-state index in [4.69, 9.17) is 10.00 Å². The average molecular weight is 334 g/mol. The third-order valence-corrected chi connectivity index (χ3v) is 6.86. The van der Waals surface area contributed by atoms with E-state index in [0.717, 1.165) is 29.7 Å². The summed E-state index contributed by atoms with van der Waals surface area (Å²) in [7, 11) is -2.19. The van der Waals surface area contributed by atoms with E-state index < -0.39 is 10.0 Å². The molecule has 0 amide bonds. The van der Waals surface area contributed by atoms with Crippen molar-refractivity contribution in [2.24, 2.45) is 0 Å². The molecule has 0 saturated carbocycles. The van der Waals surface area contributed by atoms with Gasteiger partial charge in [0.2, 0.25) is 0 Å². The summed E-state index contributed by atoms with van der Waals surface area (Å²) in [5.74, 6) is 0.366. The molecule has 0 N–H and O–H groups in total. The average Bonchev–Trinajstić information content (AvgIpc) is 3.03. The van der Waals surface area contributed by atoms with Crippen LogP contribution >= 0.6 is 11.3 Å². The Hall–Kier alpha value is -2.04. The minimum atomic E-state index is -3.65. The third-order valence-electron chi connectivity index (χ3n) is 3.62. The van der Waals surface area contributed by atoms with Crippen LogP contribution in [-0.4, -0.2) is 22.1 Å². The number of fused-ring (bicyclic) bond motifs is 1. The molecule has 0 radical (unpaired) electrons. The van der Waals surface area contributed by atoms with E-state index in [9.17, 15) is 8.42 Å². The minimum absolute atomic E-state index is 0.215. The van der Waals surface area contributed by atoms with Crippen LogP contribution in [0.1, 0.15) is 17.5 Å². The molecule has 1 aliphatic heterocycles. The Labute approximate surface area is 133 Å². The highest BCUT2D eigenvalue weighted by atomic mass is 32.2. The Morgan fingerprint density at radius 1 is 1.36 bits per heavy atom. The topological polar surface area (TPSA) is 70.4 Å². The summed E-state index contributed by atoms with van der Waals surface area (Å²) in [6.45, 7) is 0.433. The number of methoxy groups -OCH3 is 1. The lowest BCUT2D eigenvalue weighted by atomic mass is 10.0. The number of nitriles is 1. The molecule has 5 nitrogen and oxygen atoms in total. The number of hydrogen-bond donors (Lipinski definition) is 0. The third kappa shape index (κ3) is 2.34. The predicted octanol–water partition coefficient (Wildman–Crippen LogP) is 2.77. The zero-order chi connectivity index (χ0) is 15.7. The molecule has 0 unspecified atom stereocenters. The summed E-state index contributed by atoms with van der Waals surface area (Å²) in [5.41, 5.74) is 2.09. The highest BCUT2D eigenvalue weighted by molar-refractivity contribution is 7.94. The Balaban J connectivity index is 2.09. The van der Waals surface area contributed by atoms with E-state index in [2.05, 4.69) is 6.07 Å². The zero-order valence-electron chi connectivity index (χ0n) is 11.9. The number of sulfonamides is 1. The van der Waals surface area contributed by atoms with Gasteiger partial charge >= 0.3 is 0 Å². The van der Waals surface area contributed by atoms with E-state index in [1.54, 1.807) is 29.6 Å². The summed E-state index contributed by atoms with van der Waals surface area (Å²) < 4.78 is 32.7. The molecule has 2 aromatic rings. The maximum absolute atomic E-state index is 12.9. The van der Waals surface area contributed by atoms with Gasteiger partial charge in [0.05, 0.1) is 24.4 Å². The van der Waals surface area contributed by atoms with Gasteiger partial charge in [0.25, 0.3) is 10.0 Å². The van der Waals surface area contributed by atoms with Crippen molar-refractivity contribution in [3.8, 4) is 11.8 Å². The van der Waals surface area contributed by atoms with Gasteiger partial charge in [-0.1, -0.05) is 0 Å². The first-order valence-electron chi connectivity index (χ1n) is 6.75. The standard InChI is InChI=1S/C15H14N2O3S2/c1-20-14-6-8-21-15(14)22(18,19)17-7-2-3-12-9-11(10-16)4-5-13(12)17/h4-6,8-9H,2-3,7H2,1H3. The fourth-order valence-corrected chi connectivity index (χ4v) is 5.52. The van der Waals surface area contributed by atoms with Crippen LogP contribution in [0.5, 0.6) is 5.75 Å². The number of rotatable bonds is 3. The maximum atomic E-state index is 12.9. The van der Waals surface area contributed by atoms with Gasteiger partial charge in [-0.25, -0.2) is 8.42 Å². The first-order chi connectivity index (χ1) is 10.6. The molecule has 0 fully saturated rings. The molecule has 22 heavy (non-hydrogen) atoms. The number of benzene rings is 1. The summed E-state index contributed by atoms with van der Waals surface area (Å²) in [6.07, 6.45) is 1.51. The van der Waals surface area contributed by atoms with E-state index >= 15 is 0 Å². The van der Waals surface area contributed by atoms with Gasteiger partial charge in [0.1, 0.15) is 5.75 Å². The molecule has 0 spiro atoms. The summed E-state index contributed by atoms with van der Waals surface area (Å²) in [6, 6.07) is 8.88. The number of thiophene rings is 1. The predicted molar refractivity (Wildman–Crippen MR) is 84.9 cm³/mol. The lowest BCUT2D eigenvalue weighted by molar-refractivity contribution is 0.406. The lowest BCUT2D eigenvalue weighted by Gasteiger charge is -2.30. The first-order valence-corrected chi connectivity index (χ1v) is 9.07. The Bertz CT molecular complexity index is 850. The summed E-state index contributed by atoms with van der Waals surface area (Å²) in [5, 5.41) is 10.7. The van der Waals surface area contributed by atoms with E-state index in [1.165, 1.54) is 11.4 Å². The van der Waals surface area contributed by atoms with Crippen LogP contribution in [0, 0.1) is 11.3 Å². The van der Waals surface area contributed by atoms with Crippen molar-refractivity contribution in [3.63, 3.8) is 0 Å². The molecule has 0 bridgehead atoms. The fraction of sp³-hybridized carbons (Fsp3) is 0.267. The molecule has 0 saturated heterocycles. The number of nitrogens with zero attached hydrogens (tertiary/aromatic N) is 2. The Kier molecular flexibility index (Phi) is 3.81. The SMILES string of the molecule is COc1ccsc1S(=O)(=O)N1CCCc2cc(C#N)ccc21. The van der Waals surface area contributed by atoms with E-state index in [-0.39, 0.29) is 4.21 Å². The van der Waals surface area contributed by atoms with Crippen molar-refractivity contribution in [1.82, 2.24) is 0 Å². The molecule has 7 heteroatoms. The zero-order valence-corrected chi connectivity index (χ0v) is 13.6. The van der Waals surface area contributed by atoms with Crippen LogP contribution in [0.2, 0.25) is 0 Å². The number of aryl methyl sites for hydroxylation is 1.